The number of hydrogen-bond donors (Lipinski definition) is 0. The molecule has 1 aromatic carbocycles. The molecule has 66 valence electrons. The van der Waals surface area contributed by atoms with Crippen LogP contribution in [0, 0.1) is 6.92 Å². The molecule has 3 rings (SSSR count). The Labute approximate surface area is 77.4 Å². The van der Waals surface area contributed by atoms with Gasteiger partial charge in [-0.25, -0.2) is 0 Å². The van der Waals surface area contributed by atoms with Crippen molar-refractivity contribution in [1.82, 2.24) is 0 Å². The SMILES string of the molecule is Cc1coc2cc3c(cc12)CCC3. The van der Waals surface area contributed by atoms with E-state index >= 15 is 0 Å². The lowest BCUT2D eigenvalue weighted by molar-refractivity contribution is 0.612. The summed E-state index contributed by atoms with van der Waals surface area (Å²) in [7, 11) is 0. The highest BCUT2D eigenvalue weighted by atomic mass is 16.3. The van der Waals surface area contributed by atoms with Crippen molar-refractivity contribution < 1.29 is 4.42 Å². The van der Waals surface area contributed by atoms with Crippen LogP contribution in [0.3, 0.4) is 0 Å². The molecule has 1 aliphatic carbocycles. The van der Waals surface area contributed by atoms with E-state index in [1.54, 1.807) is 0 Å². The number of hydrogen-bond acceptors (Lipinski definition) is 1. The third-order valence-corrected chi connectivity index (χ3v) is 2.98. The number of furan rings is 1. The van der Waals surface area contributed by atoms with Crippen LogP contribution in [-0.4, -0.2) is 0 Å². The smallest absolute Gasteiger partial charge is 0.134 e. The molecular weight excluding hydrogens is 160 g/mol. The summed E-state index contributed by atoms with van der Waals surface area (Å²) in [5, 5.41) is 1.29. The van der Waals surface area contributed by atoms with Crippen LogP contribution < -0.4 is 0 Å². The van der Waals surface area contributed by atoms with Gasteiger partial charge in [-0.2, -0.15) is 0 Å². The Hall–Kier alpha value is -1.24. The lowest BCUT2D eigenvalue weighted by Gasteiger charge is -1.98. The van der Waals surface area contributed by atoms with Crippen LogP contribution in [0.2, 0.25) is 0 Å². The van der Waals surface area contributed by atoms with Crippen molar-refractivity contribution in [3.63, 3.8) is 0 Å². The highest BCUT2D eigenvalue weighted by Crippen LogP contribution is 2.29. The predicted molar refractivity (Wildman–Crippen MR) is 53.0 cm³/mol. The van der Waals surface area contributed by atoms with Crippen LogP contribution in [0.15, 0.2) is 22.8 Å². The first-order valence-corrected chi connectivity index (χ1v) is 4.84. The van der Waals surface area contributed by atoms with Gasteiger partial charge in [-0.1, -0.05) is 0 Å². The molecule has 1 heterocycles. The summed E-state index contributed by atoms with van der Waals surface area (Å²) >= 11 is 0. The maximum atomic E-state index is 5.47. The van der Waals surface area contributed by atoms with Crippen LogP contribution >= 0.6 is 0 Å². The zero-order valence-electron chi connectivity index (χ0n) is 7.76. The van der Waals surface area contributed by atoms with Crippen LogP contribution in [0.1, 0.15) is 23.1 Å². The van der Waals surface area contributed by atoms with Gasteiger partial charge in [0.25, 0.3) is 0 Å². The van der Waals surface area contributed by atoms with Crippen LogP contribution in [-0.2, 0) is 12.8 Å². The largest absolute Gasteiger partial charge is 0.464 e. The first-order valence-electron chi connectivity index (χ1n) is 4.84. The third kappa shape index (κ3) is 0.932. The second-order valence-electron chi connectivity index (χ2n) is 3.89. The predicted octanol–water partition coefficient (Wildman–Crippen LogP) is 3.23. The van der Waals surface area contributed by atoms with E-state index in [0.29, 0.717) is 0 Å². The lowest BCUT2D eigenvalue weighted by Crippen LogP contribution is -1.81. The van der Waals surface area contributed by atoms with Crippen molar-refractivity contribution >= 4 is 11.0 Å². The fraction of sp³-hybridized carbons (Fsp3) is 0.333. The molecule has 0 atom stereocenters. The Morgan fingerprint density at radius 2 is 1.92 bits per heavy atom. The van der Waals surface area contributed by atoms with E-state index in [2.05, 4.69) is 19.1 Å². The Kier molecular flexibility index (Phi) is 1.32. The number of aryl methyl sites for hydroxylation is 3. The molecule has 0 aliphatic heterocycles. The summed E-state index contributed by atoms with van der Waals surface area (Å²) in [6.07, 6.45) is 5.63. The zero-order valence-corrected chi connectivity index (χ0v) is 7.76. The molecule has 0 fully saturated rings. The minimum atomic E-state index is 1.05. The molecule has 2 aromatic rings. The number of benzene rings is 1. The van der Waals surface area contributed by atoms with Gasteiger partial charge in [-0.3, -0.25) is 0 Å². The van der Waals surface area contributed by atoms with E-state index in [1.165, 1.54) is 41.3 Å². The van der Waals surface area contributed by atoms with Crippen LogP contribution in [0.5, 0.6) is 0 Å². The summed E-state index contributed by atoms with van der Waals surface area (Å²) in [4.78, 5) is 0. The molecule has 0 radical (unpaired) electrons. The van der Waals surface area contributed by atoms with Gasteiger partial charge in [-0.05, 0) is 55.0 Å². The molecule has 0 saturated carbocycles. The van der Waals surface area contributed by atoms with Crippen molar-refractivity contribution in [1.29, 1.82) is 0 Å². The molecule has 0 N–H and O–H groups in total. The van der Waals surface area contributed by atoms with Gasteiger partial charge in [-0.15, -0.1) is 0 Å². The first kappa shape index (κ1) is 7.19. The van der Waals surface area contributed by atoms with E-state index < -0.39 is 0 Å². The van der Waals surface area contributed by atoms with Gasteiger partial charge in [0.1, 0.15) is 5.58 Å². The summed E-state index contributed by atoms with van der Waals surface area (Å²) in [5.74, 6) is 0. The van der Waals surface area contributed by atoms with E-state index in [9.17, 15) is 0 Å². The fourth-order valence-corrected chi connectivity index (χ4v) is 2.22. The van der Waals surface area contributed by atoms with Gasteiger partial charge in [0.05, 0.1) is 6.26 Å². The van der Waals surface area contributed by atoms with Gasteiger partial charge < -0.3 is 4.42 Å². The van der Waals surface area contributed by atoms with E-state index in [0.717, 1.165) is 5.58 Å². The quantitative estimate of drug-likeness (QED) is 0.594. The minimum absolute atomic E-state index is 1.05. The van der Waals surface area contributed by atoms with E-state index in [-0.39, 0.29) is 0 Å². The molecule has 1 aromatic heterocycles. The van der Waals surface area contributed by atoms with E-state index in [1.807, 2.05) is 6.26 Å². The molecule has 0 amide bonds. The van der Waals surface area contributed by atoms with Crippen molar-refractivity contribution in [3.05, 3.63) is 35.1 Å². The van der Waals surface area contributed by atoms with Gasteiger partial charge in [0.15, 0.2) is 0 Å². The Morgan fingerprint density at radius 3 is 2.77 bits per heavy atom. The summed E-state index contributed by atoms with van der Waals surface area (Å²) in [6.45, 7) is 2.10. The fourth-order valence-electron chi connectivity index (χ4n) is 2.22. The van der Waals surface area contributed by atoms with Crippen molar-refractivity contribution in [3.8, 4) is 0 Å². The van der Waals surface area contributed by atoms with Gasteiger partial charge in [0, 0.05) is 5.39 Å². The molecule has 0 unspecified atom stereocenters. The normalized spacial score (nSPS) is 15.2. The molecule has 1 nitrogen and oxygen atoms in total. The average Bonchev–Trinajstić information content (AvgIpc) is 2.70. The van der Waals surface area contributed by atoms with E-state index in [4.69, 9.17) is 4.42 Å². The second-order valence-corrected chi connectivity index (χ2v) is 3.89. The topological polar surface area (TPSA) is 13.1 Å². The molecule has 1 heteroatoms. The zero-order chi connectivity index (χ0) is 8.84. The molecule has 0 bridgehead atoms. The Balaban J connectivity index is 2.38. The highest BCUT2D eigenvalue weighted by molar-refractivity contribution is 5.82. The van der Waals surface area contributed by atoms with Crippen molar-refractivity contribution in [2.45, 2.75) is 26.2 Å². The summed E-state index contributed by atoms with van der Waals surface area (Å²) in [6, 6.07) is 4.52. The summed E-state index contributed by atoms with van der Waals surface area (Å²) in [5.41, 5.74) is 5.32. The third-order valence-electron chi connectivity index (χ3n) is 2.98. The maximum absolute atomic E-state index is 5.47. The Morgan fingerprint density at radius 1 is 1.15 bits per heavy atom. The molecule has 13 heavy (non-hydrogen) atoms. The highest BCUT2D eigenvalue weighted by Gasteiger charge is 2.13. The van der Waals surface area contributed by atoms with Crippen molar-refractivity contribution in [2.75, 3.05) is 0 Å². The number of fused-ring (bicyclic) bond motifs is 2. The molecule has 0 saturated heterocycles. The molecular formula is C12H12O. The van der Waals surface area contributed by atoms with Crippen molar-refractivity contribution in [2.24, 2.45) is 0 Å². The molecule has 1 aliphatic rings. The van der Waals surface area contributed by atoms with Gasteiger partial charge in [0.2, 0.25) is 0 Å². The first-order chi connectivity index (χ1) is 6.34. The number of rotatable bonds is 0. The van der Waals surface area contributed by atoms with Gasteiger partial charge >= 0.3 is 0 Å². The Bertz CT molecular complexity index is 465. The minimum Gasteiger partial charge on any atom is -0.464 e. The standard InChI is InChI=1S/C12H12O/c1-8-7-13-12-6-10-4-2-3-9(10)5-11(8)12/h5-7H,2-4H2,1H3. The maximum Gasteiger partial charge on any atom is 0.134 e. The van der Waals surface area contributed by atoms with Crippen LogP contribution in [0.25, 0.3) is 11.0 Å². The average molecular weight is 172 g/mol. The summed E-state index contributed by atoms with van der Waals surface area (Å²) < 4.78 is 5.47. The lowest BCUT2D eigenvalue weighted by atomic mass is 10.1. The molecule has 0 spiro atoms. The monoisotopic (exact) mass is 172 g/mol. The second kappa shape index (κ2) is 2.38. The van der Waals surface area contributed by atoms with Crippen LogP contribution in [0.4, 0.5) is 0 Å².